The van der Waals surface area contributed by atoms with Crippen LogP contribution >= 0.6 is 0 Å². The highest BCUT2D eigenvalue weighted by Crippen LogP contribution is 1.85. The third-order valence-electron chi connectivity index (χ3n) is 1.04. The van der Waals surface area contributed by atoms with Crippen LogP contribution in [0.4, 0.5) is 0 Å². The van der Waals surface area contributed by atoms with Gasteiger partial charge in [0, 0.05) is 6.54 Å². The van der Waals surface area contributed by atoms with Crippen LogP contribution in [-0.2, 0) is 4.79 Å². The molecule has 3 nitrogen and oxygen atoms in total. The van der Waals surface area contributed by atoms with Crippen LogP contribution in [0, 0.1) is 5.92 Å². The first-order valence-corrected chi connectivity index (χ1v) is 4.58. The molecule has 1 amide bonds. The number of rotatable bonds is 4. The van der Waals surface area contributed by atoms with Crippen molar-refractivity contribution in [2.24, 2.45) is 5.92 Å². The summed E-state index contributed by atoms with van der Waals surface area (Å²) in [5.74, 6) is 0.594. The Morgan fingerprint density at radius 1 is 1.33 bits per heavy atom. The highest BCUT2D eigenvalue weighted by molar-refractivity contribution is 5.77. The molecule has 0 aliphatic rings. The van der Waals surface area contributed by atoms with E-state index in [1.54, 1.807) is 7.05 Å². The molecule has 0 aromatic heterocycles. The van der Waals surface area contributed by atoms with Gasteiger partial charge in [0.05, 0.1) is 6.54 Å². The molecule has 0 bridgehead atoms. The van der Waals surface area contributed by atoms with Crippen molar-refractivity contribution >= 4 is 5.91 Å². The molecule has 0 aromatic carbocycles. The number of likely N-dealkylation sites (N-methyl/N-ethyl adjacent to an activating group) is 1. The minimum absolute atomic E-state index is 0.0659. The van der Waals surface area contributed by atoms with E-state index < -0.39 is 0 Å². The van der Waals surface area contributed by atoms with Crippen LogP contribution in [-0.4, -0.2) is 26.0 Å². The van der Waals surface area contributed by atoms with E-state index in [9.17, 15) is 4.79 Å². The molecule has 0 heterocycles. The predicted octanol–water partition coefficient (Wildman–Crippen LogP) is 1.00. The lowest BCUT2D eigenvalue weighted by molar-refractivity contribution is -0.120. The zero-order chi connectivity index (χ0) is 9.98. The summed E-state index contributed by atoms with van der Waals surface area (Å²) in [4.78, 5) is 10.8. The average molecular weight is 174 g/mol. The Balaban J connectivity index is 0. The van der Waals surface area contributed by atoms with Crippen molar-refractivity contribution in [3.8, 4) is 0 Å². The molecular weight excluding hydrogens is 152 g/mol. The molecule has 12 heavy (non-hydrogen) atoms. The van der Waals surface area contributed by atoms with E-state index in [-0.39, 0.29) is 5.91 Å². The number of amides is 1. The Morgan fingerprint density at radius 3 is 2.17 bits per heavy atom. The minimum atomic E-state index is 0.0659. The van der Waals surface area contributed by atoms with Crippen LogP contribution in [0.15, 0.2) is 0 Å². The summed E-state index contributed by atoms with van der Waals surface area (Å²) in [6, 6.07) is 0. The Hall–Kier alpha value is -0.570. The summed E-state index contributed by atoms with van der Waals surface area (Å²) in [5, 5.41) is 5.56. The van der Waals surface area contributed by atoms with E-state index in [4.69, 9.17) is 0 Å². The van der Waals surface area contributed by atoms with Gasteiger partial charge in [0.15, 0.2) is 0 Å². The van der Waals surface area contributed by atoms with Crippen LogP contribution in [0.2, 0.25) is 0 Å². The Bertz CT molecular complexity index is 103. The van der Waals surface area contributed by atoms with Crippen LogP contribution in [0.3, 0.4) is 0 Å². The predicted molar refractivity (Wildman–Crippen MR) is 53.1 cm³/mol. The van der Waals surface area contributed by atoms with Gasteiger partial charge in [0.2, 0.25) is 5.91 Å². The molecule has 2 N–H and O–H groups in total. The Morgan fingerprint density at radius 2 is 1.83 bits per heavy atom. The lowest BCUT2D eigenvalue weighted by Crippen LogP contribution is -2.34. The minimum Gasteiger partial charge on any atom is -0.355 e. The van der Waals surface area contributed by atoms with Gasteiger partial charge in [-0.15, -0.1) is 0 Å². The van der Waals surface area contributed by atoms with Gasteiger partial charge in [-0.3, -0.25) is 4.79 Å². The largest absolute Gasteiger partial charge is 0.355 e. The molecule has 74 valence electrons. The van der Waals surface area contributed by atoms with Gasteiger partial charge in [-0.2, -0.15) is 0 Å². The molecule has 0 rings (SSSR count). The van der Waals surface area contributed by atoms with E-state index in [1.165, 1.54) is 0 Å². The van der Waals surface area contributed by atoms with Crippen molar-refractivity contribution in [2.45, 2.75) is 27.7 Å². The quantitative estimate of drug-likeness (QED) is 0.667. The molecule has 0 atom stereocenters. The molecule has 0 radical (unpaired) electrons. The monoisotopic (exact) mass is 174 g/mol. The maximum atomic E-state index is 10.8. The van der Waals surface area contributed by atoms with Gasteiger partial charge < -0.3 is 10.6 Å². The van der Waals surface area contributed by atoms with Crippen molar-refractivity contribution in [1.29, 1.82) is 0 Å². The highest BCUT2D eigenvalue weighted by atomic mass is 16.1. The highest BCUT2D eigenvalue weighted by Gasteiger charge is 1.98. The smallest absolute Gasteiger partial charge is 0.233 e. The molecule has 0 aromatic rings. The van der Waals surface area contributed by atoms with Crippen molar-refractivity contribution in [3.63, 3.8) is 0 Å². The fourth-order valence-electron chi connectivity index (χ4n) is 0.541. The summed E-state index contributed by atoms with van der Waals surface area (Å²) >= 11 is 0. The van der Waals surface area contributed by atoms with E-state index >= 15 is 0 Å². The topological polar surface area (TPSA) is 41.1 Å². The third kappa shape index (κ3) is 12.1. The first-order valence-electron chi connectivity index (χ1n) is 4.58. The van der Waals surface area contributed by atoms with Gasteiger partial charge in [0.25, 0.3) is 0 Å². The van der Waals surface area contributed by atoms with Gasteiger partial charge >= 0.3 is 0 Å². The number of carbonyl (C=O) groups is 1. The molecule has 3 heteroatoms. The van der Waals surface area contributed by atoms with Crippen molar-refractivity contribution < 1.29 is 4.79 Å². The SMILES string of the molecule is CC.CNCC(=O)NCC(C)C. The van der Waals surface area contributed by atoms with Gasteiger partial charge in [-0.05, 0) is 13.0 Å². The Labute approximate surface area is 75.9 Å². The summed E-state index contributed by atoms with van der Waals surface area (Å²) in [5.41, 5.74) is 0. The summed E-state index contributed by atoms with van der Waals surface area (Å²) < 4.78 is 0. The second-order valence-corrected chi connectivity index (χ2v) is 2.73. The van der Waals surface area contributed by atoms with Crippen molar-refractivity contribution in [1.82, 2.24) is 10.6 Å². The van der Waals surface area contributed by atoms with Crippen LogP contribution in [0.5, 0.6) is 0 Å². The molecule has 0 aliphatic carbocycles. The summed E-state index contributed by atoms with van der Waals surface area (Å²) in [7, 11) is 1.76. The summed E-state index contributed by atoms with van der Waals surface area (Å²) in [6.07, 6.45) is 0. The standard InChI is InChI=1S/C7H16N2O.C2H6/c1-6(2)4-9-7(10)5-8-3;1-2/h6,8H,4-5H2,1-3H3,(H,9,10);1-2H3. The molecule has 0 saturated carbocycles. The molecule has 0 saturated heterocycles. The molecule has 0 fully saturated rings. The second kappa shape index (κ2) is 10.4. The lowest BCUT2D eigenvalue weighted by atomic mass is 10.2. The fourth-order valence-corrected chi connectivity index (χ4v) is 0.541. The van der Waals surface area contributed by atoms with Crippen molar-refractivity contribution in [3.05, 3.63) is 0 Å². The first kappa shape index (κ1) is 14.0. The summed E-state index contributed by atoms with van der Waals surface area (Å²) in [6.45, 7) is 9.31. The maximum absolute atomic E-state index is 10.8. The van der Waals surface area contributed by atoms with E-state index in [2.05, 4.69) is 24.5 Å². The van der Waals surface area contributed by atoms with E-state index in [0.29, 0.717) is 12.5 Å². The van der Waals surface area contributed by atoms with Gasteiger partial charge in [-0.25, -0.2) is 0 Å². The molecular formula is C9H22N2O. The van der Waals surface area contributed by atoms with E-state index in [0.717, 1.165) is 6.54 Å². The molecule has 0 aliphatic heterocycles. The number of hydrogen-bond acceptors (Lipinski definition) is 2. The number of hydrogen-bond donors (Lipinski definition) is 2. The average Bonchev–Trinajstić information content (AvgIpc) is 2.05. The number of nitrogens with one attached hydrogen (secondary N) is 2. The lowest BCUT2D eigenvalue weighted by Gasteiger charge is -2.06. The zero-order valence-electron chi connectivity index (χ0n) is 8.90. The van der Waals surface area contributed by atoms with Gasteiger partial charge in [0.1, 0.15) is 0 Å². The normalized spacial score (nSPS) is 8.83. The molecule has 0 unspecified atom stereocenters. The molecule has 0 spiro atoms. The van der Waals surface area contributed by atoms with Gasteiger partial charge in [-0.1, -0.05) is 27.7 Å². The zero-order valence-corrected chi connectivity index (χ0v) is 8.90. The number of carbonyl (C=O) groups excluding carboxylic acids is 1. The fraction of sp³-hybridized carbons (Fsp3) is 0.889. The third-order valence-corrected chi connectivity index (χ3v) is 1.04. The van der Waals surface area contributed by atoms with Crippen molar-refractivity contribution in [2.75, 3.05) is 20.1 Å². The van der Waals surface area contributed by atoms with Crippen LogP contribution in [0.1, 0.15) is 27.7 Å². The maximum Gasteiger partial charge on any atom is 0.233 e. The van der Waals surface area contributed by atoms with Crippen LogP contribution < -0.4 is 10.6 Å². The second-order valence-electron chi connectivity index (χ2n) is 2.73. The first-order chi connectivity index (χ1) is 5.66. The Kier molecular flexibility index (Phi) is 12.2. The van der Waals surface area contributed by atoms with Crippen LogP contribution in [0.25, 0.3) is 0 Å². The van der Waals surface area contributed by atoms with E-state index in [1.807, 2.05) is 13.8 Å².